The minimum Gasteiger partial charge on any atom is -0.305 e. The van der Waals surface area contributed by atoms with E-state index in [-0.39, 0.29) is 5.72 Å². The molecule has 3 nitrogen and oxygen atoms in total. The van der Waals surface area contributed by atoms with Crippen LogP contribution < -0.4 is 9.96 Å². The van der Waals surface area contributed by atoms with E-state index in [9.17, 15) is 0 Å². The number of fused-ring (bicyclic) bond motifs is 1. The van der Waals surface area contributed by atoms with E-state index in [1.807, 2.05) is 0 Å². The summed E-state index contributed by atoms with van der Waals surface area (Å²) in [5.74, 6) is 0.562. The molecule has 26 heavy (non-hydrogen) atoms. The topological polar surface area (TPSA) is 16.9 Å². The second-order valence-corrected chi connectivity index (χ2v) is 8.16. The normalized spacial score (nSPS) is 31.9. The van der Waals surface area contributed by atoms with E-state index in [4.69, 9.17) is 4.84 Å². The number of para-hydroxylation sites is 1. The van der Waals surface area contributed by atoms with Crippen LogP contribution in [0.3, 0.4) is 0 Å². The molecule has 2 aliphatic heterocycles. The van der Waals surface area contributed by atoms with Gasteiger partial charge in [-0.15, -0.1) is 0 Å². The van der Waals surface area contributed by atoms with Gasteiger partial charge in [-0.25, -0.2) is 9.90 Å². The molecule has 2 aromatic rings. The molecule has 1 saturated carbocycles. The molecule has 0 amide bonds. The maximum atomic E-state index is 6.99. The Morgan fingerprint density at radius 2 is 1.54 bits per heavy atom. The summed E-state index contributed by atoms with van der Waals surface area (Å²) in [7, 11) is 0. The van der Waals surface area contributed by atoms with Crippen LogP contribution in [0.25, 0.3) is 0 Å². The van der Waals surface area contributed by atoms with Gasteiger partial charge in [-0.3, -0.25) is 0 Å². The highest BCUT2D eigenvalue weighted by molar-refractivity contribution is 5.48. The molecule has 0 bridgehead atoms. The van der Waals surface area contributed by atoms with Crippen molar-refractivity contribution in [1.82, 2.24) is 0 Å². The number of quaternary nitrogens is 1. The quantitative estimate of drug-likeness (QED) is 0.909. The molecule has 2 heterocycles. The first-order chi connectivity index (χ1) is 12.9. The molecular weight excluding hydrogens is 320 g/mol. The van der Waals surface area contributed by atoms with E-state index in [1.54, 1.807) is 4.90 Å². The minimum absolute atomic E-state index is 0.0366. The van der Waals surface area contributed by atoms with Crippen molar-refractivity contribution in [3.8, 4) is 0 Å². The van der Waals surface area contributed by atoms with Crippen LogP contribution in [0, 0.1) is 5.92 Å². The molecule has 1 N–H and O–H groups in total. The lowest BCUT2D eigenvalue weighted by Crippen LogP contribution is -3.20. The molecule has 3 atom stereocenters. The van der Waals surface area contributed by atoms with Crippen LogP contribution in [0.1, 0.15) is 50.1 Å². The zero-order chi connectivity index (χ0) is 17.4. The van der Waals surface area contributed by atoms with Gasteiger partial charge in [-0.2, -0.15) is 0 Å². The van der Waals surface area contributed by atoms with Crippen molar-refractivity contribution in [1.29, 1.82) is 0 Å². The Balaban J connectivity index is 1.61. The van der Waals surface area contributed by atoms with Gasteiger partial charge in [0.1, 0.15) is 0 Å². The highest BCUT2D eigenvalue weighted by Gasteiger charge is 2.62. The fourth-order valence-electron chi connectivity index (χ4n) is 5.63. The highest BCUT2D eigenvalue weighted by atomic mass is 16.7. The van der Waals surface area contributed by atoms with Crippen molar-refractivity contribution in [2.75, 3.05) is 18.2 Å². The summed E-state index contributed by atoms with van der Waals surface area (Å²) in [6.45, 7) is 2.53. The summed E-state index contributed by atoms with van der Waals surface area (Å²) < 4.78 is 0. The molecule has 3 fully saturated rings. The largest absolute Gasteiger partial charge is 0.305 e. The average Bonchev–Trinajstić information content (AvgIpc) is 3.36. The monoisotopic (exact) mass is 349 g/mol. The van der Waals surface area contributed by atoms with Gasteiger partial charge in [0.2, 0.25) is 5.72 Å². The number of hydrogen-bond donors (Lipinski definition) is 1. The number of nitrogens with one attached hydrogen (secondary N) is 1. The number of hydrogen-bond acceptors (Lipinski definition) is 2. The molecule has 0 radical (unpaired) electrons. The molecule has 5 rings (SSSR count). The van der Waals surface area contributed by atoms with Gasteiger partial charge in [0.25, 0.3) is 0 Å². The van der Waals surface area contributed by atoms with Crippen molar-refractivity contribution in [2.24, 2.45) is 5.92 Å². The SMILES string of the molecule is c1ccc([C@H]2[C@@H]3CCCC[C@]3([NH+]3CCCC3)ON2c2ccccc2)cc1. The lowest BCUT2D eigenvalue weighted by atomic mass is 9.75. The number of nitrogens with zero attached hydrogens (tertiary/aromatic N) is 1. The molecule has 3 aliphatic rings. The maximum Gasteiger partial charge on any atom is 0.231 e. The van der Waals surface area contributed by atoms with Gasteiger partial charge in [0, 0.05) is 19.3 Å². The molecule has 0 spiro atoms. The Kier molecular flexibility index (Phi) is 4.22. The summed E-state index contributed by atoms with van der Waals surface area (Å²) in [4.78, 5) is 8.68. The van der Waals surface area contributed by atoms with E-state index in [0.717, 1.165) is 0 Å². The van der Waals surface area contributed by atoms with Gasteiger partial charge >= 0.3 is 0 Å². The minimum atomic E-state index is -0.0366. The molecule has 3 heteroatoms. The van der Waals surface area contributed by atoms with Crippen molar-refractivity contribution in [3.05, 3.63) is 66.2 Å². The van der Waals surface area contributed by atoms with Crippen molar-refractivity contribution >= 4 is 5.69 Å². The van der Waals surface area contributed by atoms with E-state index in [0.29, 0.717) is 12.0 Å². The third-order valence-corrected chi connectivity index (χ3v) is 6.76. The smallest absolute Gasteiger partial charge is 0.231 e. The van der Waals surface area contributed by atoms with Crippen molar-refractivity contribution in [3.63, 3.8) is 0 Å². The summed E-state index contributed by atoms with van der Waals surface area (Å²) >= 11 is 0. The molecule has 2 saturated heterocycles. The van der Waals surface area contributed by atoms with Crippen LogP contribution in [0.5, 0.6) is 0 Å². The molecule has 1 aliphatic carbocycles. The predicted octanol–water partition coefficient (Wildman–Crippen LogP) is 3.74. The summed E-state index contributed by atoms with van der Waals surface area (Å²) in [5.41, 5.74) is 2.54. The predicted molar refractivity (Wildman–Crippen MR) is 104 cm³/mol. The van der Waals surface area contributed by atoms with E-state index >= 15 is 0 Å². The molecule has 136 valence electrons. The van der Waals surface area contributed by atoms with Gasteiger partial charge in [-0.1, -0.05) is 55.0 Å². The van der Waals surface area contributed by atoms with Crippen LogP contribution in [-0.4, -0.2) is 18.8 Å². The Morgan fingerprint density at radius 3 is 2.27 bits per heavy atom. The standard InChI is InChI=1S/C23H28N2O/c1-3-11-19(12-4-1)22-21-15-7-8-16-23(21,24-17-9-10-18-24)26-25(22)20-13-5-2-6-14-20/h1-6,11-14,21-22H,7-10,15-18H2/p+1/t21-,22-,23-/m0/s1. The number of anilines is 1. The number of benzene rings is 2. The van der Waals surface area contributed by atoms with E-state index in [2.05, 4.69) is 65.7 Å². The lowest BCUT2D eigenvalue weighted by Gasteiger charge is -2.40. The van der Waals surface area contributed by atoms with Crippen molar-refractivity contribution in [2.45, 2.75) is 50.3 Å². The van der Waals surface area contributed by atoms with Crippen molar-refractivity contribution < 1.29 is 9.74 Å². The van der Waals surface area contributed by atoms with Crippen LogP contribution in [0.15, 0.2) is 60.7 Å². The number of hydroxylamine groups is 1. The third-order valence-electron chi connectivity index (χ3n) is 6.76. The average molecular weight is 349 g/mol. The van der Waals surface area contributed by atoms with Crippen LogP contribution in [0.4, 0.5) is 5.69 Å². The lowest BCUT2D eigenvalue weighted by molar-refractivity contribution is -0.972. The Hall–Kier alpha value is -1.84. The van der Waals surface area contributed by atoms with Gasteiger partial charge in [0.15, 0.2) is 0 Å². The first-order valence-corrected chi connectivity index (χ1v) is 10.3. The number of likely N-dealkylation sites (tertiary alicyclic amines) is 1. The van der Waals surface area contributed by atoms with Crippen LogP contribution in [0.2, 0.25) is 0 Å². The van der Waals surface area contributed by atoms with Gasteiger partial charge in [-0.05, 0) is 30.5 Å². The van der Waals surface area contributed by atoms with Crippen LogP contribution in [-0.2, 0) is 4.84 Å². The first-order valence-electron chi connectivity index (χ1n) is 10.3. The fraction of sp³-hybridized carbons (Fsp3) is 0.478. The number of rotatable bonds is 3. The highest BCUT2D eigenvalue weighted by Crippen LogP contribution is 2.51. The summed E-state index contributed by atoms with van der Waals surface area (Å²) in [6.07, 6.45) is 7.77. The Bertz CT molecular complexity index is 728. The summed E-state index contributed by atoms with van der Waals surface area (Å²) in [5, 5.41) is 2.26. The van der Waals surface area contributed by atoms with Gasteiger partial charge < -0.3 is 4.90 Å². The van der Waals surface area contributed by atoms with E-state index < -0.39 is 0 Å². The van der Waals surface area contributed by atoms with E-state index in [1.165, 1.54) is 62.9 Å². The molecule has 0 aromatic heterocycles. The van der Waals surface area contributed by atoms with Gasteiger partial charge in [0.05, 0.1) is 30.7 Å². The maximum absolute atomic E-state index is 6.99. The molecule has 0 unspecified atom stereocenters. The van der Waals surface area contributed by atoms with Crippen LogP contribution >= 0.6 is 0 Å². The Morgan fingerprint density at radius 1 is 0.846 bits per heavy atom. The zero-order valence-electron chi connectivity index (χ0n) is 15.4. The second kappa shape index (κ2) is 6.71. The summed E-state index contributed by atoms with van der Waals surface area (Å²) in [6, 6.07) is 22.1. The first kappa shape index (κ1) is 16.3. The molecule has 2 aromatic carbocycles. The molecular formula is C23H29N2O+. The fourth-order valence-corrected chi connectivity index (χ4v) is 5.63. The third kappa shape index (κ3) is 2.57. The Labute approximate surface area is 156 Å². The second-order valence-electron chi connectivity index (χ2n) is 8.16. The zero-order valence-corrected chi connectivity index (χ0v) is 15.4.